The quantitative estimate of drug-likeness (QED) is 0.591. The average Bonchev–Trinajstić information content (AvgIpc) is 2.84. The molecule has 2 aromatic rings. The van der Waals surface area contributed by atoms with E-state index in [1.165, 1.54) is 18.2 Å². The standard InChI is InChI=1S/C18H13NO5/c20-13-8-4-5-11(9-13)10-14-16(21)15(18(22)23)17(24-14)19-12-6-2-1-3-7-12/h1-10,19-20H,(H,22,23)/b14-10-. The summed E-state index contributed by atoms with van der Waals surface area (Å²) in [5.41, 5.74) is 0.645. The fourth-order valence-corrected chi connectivity index (χ4v) is 2.23. The van der Waals surface area contributed by atoms with Crippen molar-refractivity contribution in [2.75, 3.05) is 5.32 Å². The number of anilines is 1. The number of carboxylic acid groups (broad SMARTS) is 1. The number of aliphatic carboxylic acids is 1. The number of phenolic OH excluding ortho intramolecular Hbond substituents is 1. The van der Waals surface area contributed by atoms with Gasteiger partial charge in [0.05, 0.1) is 0 Å². The number of para-hydroxylation sites is 1. The van der Waals surface area contributed by atoms with Gasteiger partial charge >= 0.3 is 5.97 Å². The fraction of sp³-hybridized carbons (Fsp3) is 0. The highest BCUT2D eigenvalue weighted by molar-refractivity contribution is 6.26. The first-order chi connectivity index (χ1) is 11.5. The lowest BCUT2D eigenvalue weighted by Gasteiger charge is -2.07. The van der Waals surface area contributed by atoms with Crippen LogP contribution in [0.5, 0.6) is 5.75 Å². The lowest BCUT2D eigenvalue weighted by Crippen LogP contribution is -2.12. The van der Waals surface area contributed by atoms with Gasteiger partial charge in [-0.2, -0.15) is 0 Å². The van der Waals surface area contributed by atoms with Crippen LogP contribution in [0.15, 0.2) is 71.8 Å². The minimum absolute atomic E-state index is 0.0313. The number of allylic oxidation sites excluding steroid dienone is 1. The minimum atomic E-state index is -1.38. The van der Waals surface area contributed by atoms with E-state index < -0.39 is 17.3 Å². The maximum absolute atomic E-state index is 12.3. The smallest absolute Gasteiger partial charge is 0.345 e. The molecule has 0 aromatic heterocycles. The number of nitrogens with one attached hydrogen (secondary N) is 1. The molecule has 0 fully saturated rings. The maximum atomic E-state index is 12.3. The second kappa shape index (κ2) is 6.29. The van der Waals surface area contributed by atoms with Gasteiger partial charge in [-0.15, -0.1) is 0 Å². The van der Waals surface area contributed by atoms with E-state index in [2.05, 4.69) is 5.32 Å². The number of hydrogen-bond donors (Lipinski definition) is 3. The molecule has 0 atom stereocenters. The summed E-state index contributed by atoms with van der Waals surface area (Å²) in [6.07, 6.45) is 1.38. The molecule has 3 rings (SSSR count). The highest BCUT2D eigenvalue weighted by Crippen LogP contribution is 2.28. The summed E-state index contributed by atoms with van der Waals surface area (Å²) in [5.74, 6) is -2.34. The van der Waals surface area contributed by atoms with E-state index in [1.54, 1.807) is 36.4 Å². The van der Waals surface area contributed by atoms with Crippen molar-refractivity contribution in [3.63, 3.8) is 0 Å². The van der Waals surface area contributed by atoms with Crippen molar-refractivity contribution in [2.24, 2.45) is 0 Å². The monoisotopic (exact) mass is 323 g/mol. The minimum Gasteiger partial charge on any atom is -0.508 e. The van der Waals surface area contributed by atoms with E-state index >= 15 is 0 Å². The number of benzene rings is 2. The Bertz CT molecular complexity index is 868. The molecule has 1 heterocycles. The van der Waals surface area contributed by atoms with Gasteiger partial charge in [0.1, 0.15) is 5.75 Å². The number of aromatic hydroxyl groups is 1. The first-order valence-corrected chi connectivity index (χ1v) is 7.07. The summed E-state index contributed by atoms with van der Waals surface area (Å²) in [6.45, 7) is 0. The van der Waals surface area contributed by atoms with Crippen molar-refractivity contribution >= 4 is 23.5 Å². The van der Waals surface area contributed by atoms with Crippen molar-refractivity contribution < 1.29 is 24.5 Å². The number of ketones is 1. The summed E-state index contributed by atoms with van der Waals surface area (Å²) >= 11 is 0. The van der Waals surface area contributed by atoms with Crippen molar-refractivity contribution in [3.8, 4) is 5.75 Å². The molecule has 120 valence electrons. The average molecular weight is 323 g/mol. The van der Waals surface area contributed by atoms with E-state index in [9.17, 15) is 19.8 Å². The molecule has 0 aliphatic carbocycles. The van der Waals surface area contributed by atoms with Crippen LogP contribution in [0.4, 0.5) is 5.69 Å². The topological polar surface area (TPSA) is 95.9 Å². The Labute approximate surface area is 137 Å². The predicted molar refractivity (Wildman–Crippen MR) is 86.9 cm³/mol. The molecule has 0 spiro atoms. The number of phenols is 1. The Kier molecular flexibility index (Phi) is 4.03. The third-order valence-electron chi connectivity index (χ3n) is 3.30. The normalized spacial score (nSPS) is 15.5. The van der Waals surface area contributed by atoms with Gasteiger partial charge in [-0.1, -0.05) is 30.3 Å². The SMILES string of the molecule is O=C(O)C1=C(Nc2ccccc2)O/C(=C\c2cccc(O)c2)C1=O. The van der Waals surface area contributed by atoms with Crippen LogP contribution in [-0.4, -0.2) is 22.0 Å². The molecule has 1 aliphatic rings. The van der Waals surface area contributed by atoms with Gasteiger partial charge in [-0.25, -0.2) is 4.79 Å². The van der Waals surface area contributed by atoms with Gasteiger partial charge in [0, 0.05) is 5.69 Å². The second-order valence-electron chi connectivity index (χ2n) is 5.04. The summed E-state index contributed by atoms with van der Waals surface area (Å²) in [6, 6.07) is 15.0. The third-order valence-corrected chi connectivity index (χ3v) is 3.30. The van der Waals surface area contributed by atoms with Crippen LogP contribution in [0.2, 0.25) is 0 Å². The van der Waals surface area contributed by atoms with Crippen molar-refractivity contribution in [1.29, 1.82) is 0 Å². The van der Waals surface area contributed by atoms with Crippen molar-refractivity contribution in [3.05, 3.63) is 77.4 Å². The van der Waals surface area contributed by atoms with Crippen LogP contribution < -0.4 is 5.32 Å². The molecule has 0 saturated carbocycles. The molecule has 6 nitrogen and oxygen atoms in total. The van der Waals surface area contributed by atoms with Gasteiger partial charge in [0.25, 0.3) is 0 Å². The molecule has 1 aliphatic heterocycles. The van der Waals surface area contributed by atoms with Crippen LogP contribution in [0.3, 0.4) is 0 Å². The number of carbonyl (C=O) groups excluding carboxylic acids is 1. The molecule has 3 N–H and O–H groups in total. The summed E-state index contributed by atoms with van der Waals surface area (Å²) in [4.78, 5) is 23.7. The first kappa shape index (κ1) is 15.4. The number of ether oxygens (including phenoxy) is 1. The van der Waals surface area contributed by atoms with Crippen LogP contribution in [0.25, 0.3) is 6.08 Å². The van der Waals surface area contributed by atoms with Crippen LogP contribution in [-0.2, 0) is 14.3 Å². The second-order valence-corrected chi connectivity index (χ2v) is 5.04. The zero-order valence-corrected chi connectivity index (χ0v) is 12.4. The predicted octanol–water partition coefficient (Wildman–Crippen LogP) is 2.74. The van der Waals surface area contributed by atoms with E-state index in [1.807, 2.05) is 6.07 Å². The summed E-state index contributed by atoms with van der Waals surface area (Å²) in [5, 5.41) is 21.6. The number of hydrogen-bond acceptors (Lipinski definition) is 5. The highest BCUT2D eigenvalue weighted by Gasteiger charge is 2.35. The van der Waals surface area contributed by atoms with Gasteiger partial charge in [-0.3, -0.25) is 4.79 Å². The number of Topliss-reactive ketones (excluding diaryl/α,β-unsaturated/α-hetero) is 1. The molecule has 24 heavy (non-hydrogen) atoms. The van der Waals surface area contributed by atoms with Crippen molar-refractivity contribution in [1.82, 2.24) is 0 Å². The lowest BCUT2D eigenvalue weighted by molar-refractivity contribution is -0.134. The highest BCUT2D eigenvalue weighted by atomic mass is 16.5. The van der Waals surface area contributed by atoms with E-state index in [0.717, 1.165) is 0 Å². The largest absolute Gasteiger partial charge is 0.508 e. The molecule has 2 aromatic carbocycles. The van der Waals surface area contributed by atoms with Gasteiger partial charge in [-0.05, 0) is 35.9 Å². The van der Waals surface area contributed by atoms with Crippen molar-refractivity contribution in [2.45, 2.75) is 0 Å². The Morgan fingerprint density at radius 1 is 1.08 bits per heavy atom. The zero-order chi connectivity index (χ0) is 17.1. The Hall–Kier alpha value is -3.54. The van der Waals surface area contributed by atoms with Crippen LogP contribution in [0, 0.1) is 0 Å². The molecule has 0 radical (unpaired) electrons. The number of carbonyl (C=O) groups is 2. The van der Waals surface area contributed by atoms with Crippen LogP contribution in [0.1, 0.15) is 5.56 Å². The van der Waals surface area contributed by atoms with Gasteiger partial charge < -0.3 is 20.3 Å². The van der Waals surface area contributed by atoms with E-state index in [0.29, 0.717) is 11.3 Å². The number of carboxylic acids is 1. The molecule has 0 saturated heterocycles. The molecule has 6 heteroatoms. The number of rotatable bonds is 4. The van der Waals surface area contributed by atoms with Gasteiger partial charge in [0.2, 0.25) is 11.7 Å². The van der Waals surface area contributed by atoms with E-state index in [4.69, 9.17) is 4.74 Å². The summed E-state index contributed by atoms with van der Waals surface area (Å²) < 4.78 is 5.41. The molecule has 0 bridgehead atoms. The first-order valence-electron chi connectivity index (χ1n) is 7.07. The van der Waals surface area contributed by atoms with Crippen LogP contribution >= 0.6 is 0 Å². The Morgan fingerprint density at radius 3 is 2.50 bits per heavy atom. The molecular weight excluding hydrogens is 310 g/mol. The molecular formula is C18H13NO5. The lowest BCUT2D eigenvalue weighted by atomic mass is 10.1. The summed E-state index contributed by atoms with van der Waals surface area (Å²) in [7, 11) is 0. The third kappa shape index (κ3) is 3.12. The zero-order valence-electron chi connectivity index (χ0n) is 12.4. The maximum Gasteiger partial charge on any atom is 0.345 e. The fourth-order valence-electron chi connectivity index (χ4n) is 2.23. The Balaban J connectivity index is 1.93. The molecule has 0 amide bonds. The van der Waals surface area contributed by atoms with E-state index in [-0.39, 0.29) is 17.4 Å². The van der Waals surface area contributed by atoms with Gasteiger partial charge in [0.15, 0.2) is 11.3 Å². The Morgan fingerprint density at radius 2 is 1.83 bits per heavy atom. The molecule has 0 unspecified atom stereocenters.